The van der Waals surface area contributed by atoms with Crippen molar-refractivity contribution in [3.05, 3.63) is 33.5 Å². The number of hydrogen-bond donors (Lipinski definition) is 0. The topological polar surface area (TPSA) is 46.6 Å². The predicted octanol–water partition coefficient (Wildman–Crippen LogP) is 5.01. The Labute approximate surface area is 160 Å². The second-order valence-electron chi connectivity index (χ2n) is 5.31. The van der Waals surface area contributed by atoms with Gasteiger partial charge in [0.2, 0.25) is 11.8 Å². The van der Waals surface area contributed by atoms with Crippen LogP contribution in [0.4, 0.5) is 23.2 Å². The number of alkyl halides is 3. The Kier molecular flexibility index (Phi) is 6.42. The molecule has 0 saturated carbocycles. The molecule has 2 amide bonds. The van der Waals surface area contributed by atoms with Gasteiger partial charge < -0.3 is 4.74 Å². The van der Waals surface area contributed by atoms with Crippen molar-refractivity contribution in [1.29, 1.82) is 0 Å². The van der Waals surface area contributed by atoms with Gasteiger partial charge in [-0.15, -0.1) is 0 Å². The Morgan fingerprint density at radius 2 is 1.81 bits per heavy atom. The summed E-state index contributed by atoms with van der Waals surface area (Å²) in [5.41, 5.74) is -0.541. The number of rotatable bonds is 4. The maximum absolute atomic E-state index is 14.2. The molecule has 1 aliphatic heterocycles. The second kappa shape index (κ2) is 8.02. The second-order valence-corrected chi connectivity index (χ2v) is 6.72. The molecule has 1 aromatic carbocycles. The number of halogens is 7. The van der Waals surface area contributed by atoms with Gasteiger partial charge >= 0.3 is 6.18 Å². The summed E-state index contributed by atoms with van der Waals surface area (Å²) in [6.07, 6.45) is -5.36. The van der Waals surface area contributed by atoms with Crippen LogP contribution in [0.25, 0.3) is 0 Å². The van der Waals surface area contributed by atoms with E-state index in [1.807, 2.05) is 0 Å². The normalized spacial score (nSPS) is 16.0. The number of imide groups is 1. The van der Waals surface area contributed by atoms with Crippen molar-refractivity contribution in [1.82, 2.24) is 0 Å². The zero-order valence-corrected chi connectivity index (χ0v) is 15.0. The van der Waals surface area contributed by atoms with E-state index in [0.717, 1.165) is 12.1 Å². The quantitative estimate of drug-likeness (QED) is 0.494. The van der Waals surface area contributed by atoms with Crippen LogP contribution in [0.2, 0.25) is 5.02 Å². The van der Waals surface area contributed by atoms with E-state index in [9.17, 15) is 27.2 Å². The Morgan fingerprint density at radius 1 is 1.23 bits per heavy atom. The van der Waals surface area contributed by atoms with E-state index in [2.05, 4.69) is 0 Å². The number of nitrogens with zero attached hydrogens (tertiary/aromatic N) is 1. The lowest BCUT2D eigenvalue weighted by atomic mass is 9.94. The Balaban J connectivity index is 2.31. The predicted molar refractivity (Wildman–Crippen MR) is 88.0 cm³/mol. The number of carbonyl (C=O) groups excluding carboxylic acids is 2. The van der Waals surface area contributed by atoms with E-state index < -0.39 is 48.3 Å². The highest BCUT2D eigenvalue weighted by Gasteiger charge is 2.48. The third-order valence-electron chi connectivity index (χ3n) is 3.52. The van der Waals surface area contributed by atoms with Crippen molar-refractivity contribution in [2.24, 2.45) is 5.92 Å². The molecule has 1 heterocycles. The Hall–Kier alpha value is -1.51. The molecular weight excluding hydrogens is 425 g/mol. The summed E-state index contributed by atoms with van der Waals surface area (Å²) < 4.78 is 57.6. The van der Waals surface area contributed by atoms with Crippen LogP contribution in [0, 0.1) is 11.7 Å². The molecule has 11 heteroatoms. The molecule has 0 radical (unpaired) electrons. The number of carbonyl (C=O) groups is 2. The first kappa shape index (κ1) is 20.8. The van der Waals surface area contributed by atoms with E-state index in [1.54, 1.807) is 0 Å². The average Bonchev–Trinajstić information content (AvgIpc) is 2.49. The molecule has 1 aromatic rings. The van der Waals surface area contributed by atoms with E-state index in [0.29, 0.717) is 4.90 Å². The minimum Gasteiger partial charge on any atom is -0.488 e. The molecular formula is C15H10Cl3F4NO3. The van der Waals surface area contributed by atoms with Crippen LogP contribution >= 0.6 is 34.8 Å². The third-order valence-corrected chi connectivity index (χ3v) is 4.13. The van der Waals surface area contributed by atoms with Crippen molar-refractivity contribution < 1.29 is 31.9 Å². The minimum atomic E-state index is -4.70. The van der Waals surface area contributed by atoms with E-state index in [1.165, 1.54) is 6.08 Å². The van der Waals surface area contributed by atoms with Crippen molar-refractivity contribution in [2.75, 3.05) is 11.5 Å². The molecule has 1 aliphatic rings. The van der Waals surface area contributed by atoms with Crippen LogP contribution in [-0.4, -0.2) is 24.6 Å². The van der Waals surface area contributed by atoms with Gasteiger partial charge in [0, 0.05) is 18.9 Å². The van der Waals surface area contributed by atoms with Crippen molar-refractivity contribution in [3.8, 4) is 5.75 Å². The molecule has 1 fully saturated rings. The van der Waals surface area contributed by atoms with Gasteiger partial charge in [-0.2, -0.15) is 13.2 Å². The van der Waals surface area contributed by atoms with Gasteiger partial charge in [-0.25, -0.2) is 9.29 Å². The molecule has 0 aliphatic carbocycles. The molecule has 4 nitrogen and oxygen atoms in total. The third kappa shape index (κ3) is 4.81. The summed E-state index contributed by atoms with van der Waals surface area (Å²) in [5.74, 6) is -5.59. The number of benzene rings is 1. The molecule has 26 heavy (non-hydrogen) atoms. The first-order valence-electron chi connectivity index (χ1n) is 7.06. The number of anilines is 1. The zero-order valence-electron chi connectivity index (χ0n) is 12.7. The summed E-state index contributed by atoms with van der Waals surface area (Å²) in [6, 6.07) is 1.74. The fraction of sp³-hybridized carbons (Fsp3) is 0.333. The van der Waals surface area contributed by atoms with Crippen LogP contribution in [0.1, 0.15) is 12.8 Å². The van der Waals surface area contributed by atoms with Crippen LogP contribution in [-0.2, 0) is 9.59 Å². The number of hydrogen-bond acceptors (Lipinski definition) is 3. The molecule has 0 bridgehead atoms. The first-order chi connectivity index (χ1) is 12.0. The lowest BCUT2D eigenvalue weighted by Crippen LogP contribution is -2.47. The van der Waals surface area contributed by atoms with E-state index in [4.69, 9.17) is 39.5 Å². The standard InChI is InChI=1S/C15H10Cl3F4NO3/c16-8-5-9(19)10(6-11(8)26-2-1-12(17)18)23-13(24)3-7(4-14(23)25)15(20,21)22/h1,5-7H,2-4H2. The van der Waals surface area contributed by atoms with Crippen LogP contribution < -0.4 is 9.64 Å². The lowest BCUT2D eigenvalue weighted by molar-refractivity contribution is -0.185. The van der Waals surface area contributed by atoms with Gasteiger partial charge in [0.1, 0.15) is 22.7 Å². The van der Waals surface area contributed by atoms with Gasteiger partial charge in [-0.1, -0.05) is 34.8 Å². The number of ether oxygens (including phenoxy) is 1. The average molecular weight is 435 g/mol. The molecule has 0 N–H and O–H groups in total. The lowest BCUT2D eigenvalue weighted by Gasteiger charge is -2.31. The molecule has 142 valence electrons. The highest BCUT2D eigenvalue weighted by atomic mass is 35.5. The van der Waals surface area contributed by atoms with Gasteiger partial charge in [0.05, 0.1) is 16.6 Å². The monoisotopic (exact) mass is 433 g/mol. The largest absolute Gasteiger partial charge is 0.488 e. The highest BCUT2D eigenvalue weighted by Crippen LogP contribution is 2.39. The maximum Gasteiger partial charge on any atom is 0.392 e. The molecule has 0 spiro atoms. The van der Waals surface area contributed by atoms with E-state index >= 15 is 0 Å². The molecule has 0 unspecified atom stereocenters. The van der Waals surface area contributed by atoms with Crippen LogP contribution in [0.5, 0.6) is 5.75 Å². The summed E-state index contributed by atoms with van der Waals surface area (Å²) in [5, 5.41) is -0.171. The highest BCUT2D eigenvalue weighted by molar-refractivity contribution is 6.55. The Bertz CT molecular complexity index is 745. The maximum atomic E-state index is 14.2. The summed E-state index contributed by atoms with van der Waals surface area (Å²) in [6.45, 7) is -0.148. The van der Waals surface area contributed by atoms with Crippen LogP contribution in [0.3, 0.4) is 0 Å². The summed E-state index contributed by atoms with van der Waals surface area (Å²) >= 11 is 16.7. The molecule has 1 saturated heterocycles. The fourth-order valence-electron chi connectivity index (χ4n) is 2.31. The zero-order chi connectivity index (χ0) is 19.6. The smallest absolute Gasteiger partial charge is 0.392 e. The van der Waals surface area contributed by atoms with E-state index in [-0.39, 0.29) is 21.9 Å². The molecule has 0 aromatic heterocycles. The van der Waals surface area contributed by atoms with Gasteiger partial charge in [0.25, 0.3) is 0 Å². The van der Waals surface area contributed by atoms with Gasteiger partial charge in [-0.05, 0) is 12.1 Å². The van der Waals surface area contributed by atoms with Crippen LogP contribution in [0.15, 0.2) is 22.7 Å². The minimum absolute atomic E-state index is 0.0944. The fourth-order valence-corrected chi connectivity index (χ4v) is 2.64. The molecule has 0 atom stereocenters. The van der Waals surface area contributed by atoms with Gasteiger partial charge in [0.15, 0.2) is 0 Å². The number of amides is 2. The van der Waals surface area contributed by atoms with Crippen molar-refractivity contribution >= 4 is 52.3 Å². The Morgan fingerprint density at radius 3 is 2.31 bits per heavy atom. The summed E-state index contributed by atoms with van der Waals surface area (Å²) in [4.78, 5) is 24.4. The molecule has 2 rings (SSSR count). The van der Waals surface area contributed by atoms with Gasteiger partial charge in [-0.3, -0.25) is 9.59 Å². The summed E-state index contributed by atoms with van der Waals surface area (Å²) in [7, 11) is 0. The SMILES string of the molecule is O=C1CC(C(F)(F)F)CC(=O)N1c1cc(OCC=C(Cl)Cl)c(Cl)cc1F. The van der Waals surface area contributed by atoms with Crippen molar-refractivity contribution in [3.63, 3.8) is 0 Å². The number of piperidine rings is 1. The first-order valence-corrected chi connectivity index (χ1v) is 8.19. The van der Waals surface area contributed by atoms with Crippen molar-refractivity contribution in [2.45, 2.75) is 19.0 Å².